The number of likely N-dealkylation sites (tertiary alicyclic amines) is 1. The normalized spacial score (nSPS) is 20.2. The molecule has 16 heavy (non-hydrogen) atoms. The minimum atomic E-state index is -4.03. The highest BCUT2D eigenvalue weighted by atomic mass is 19.4. The van der Waals surface area contributed by atoms with Gasteiger partial charge in [-0.1, -0.05) is 0 Å². The largest absolute Gasteiger partial charge is 0.390 e. The molecule has 0 aliphatic carbocycles. The highest BCUT2D eigenvalue weighted by molar-refractivity contribution is 4.70. The Hall–Kier alpha value is -0.290. The van der Waals surface area contributed by atoms with Gasteiger partial charge in [-0.2, -0.15) is 13.2 Å². The molecular formula is C11H21F3N2. The van der Waals surface area contributed by atoms with Crippen molar-refractivity contribution in [1.29, 1.82) is 0 Å². The number of alkyl halides is 3. The third kappa shape index (κ3) is 6.33. The molecule has 0 aromatic heterocycles. The minimum Gasteiger partial charge on any atom is -0.316 e. The molecule has 0 aromatic rings. The third-order valence-electron chi connectivity index (χ3n) is 3.15. The van der Waals surface area contributed by atoms with E-state index in [1.165, 1.54) is 12.8 Å². The van der Waals surface area contributed by atoms with E-state index in [0.717, 1.165) is 19.5 Å². The molecule has 0 bridgehead atoms. The summed E-state index contributed by atoms with van der Waals surface area (Å²) in [5, 5.41) is 2.87. The number of nitrogens with one attached hydrogen (secondary N) is 1. The van der Waals surface area contributed by atoms with E-state index in [4.69, 9.17) is 0 Å². The average Bonchev–Trinajstić information content (AvgIpc) is 2.19. The first kappa shape index (κ1) is 13.8. The lowest BCUT2D eigenvalue weighted by atomic mass is 9.94. The van der Waals surface area contributed by atoms with Crippen LogP contribution in [0.5, 0.6) is 0 Å². The van der Waals surface area contributed by atoms with Crippen molar-refractivity contribution in [3.8, 4) is 0 Å². The predicted molar refractivity (Wildman–Crippen MR) is 58.4 cm³/mol. The maximum atomic E-state index is 11.8. The van der Waals surface area contributed by atoms with E-state index >= 15 is 0 Å². The number of hydrogen-bond acceptors (Lipinski definition) is 2. The summed E-state index contributed by atoms with van der Waals surface area (Å²) in [4.78, 5) is 2.30. The molecule has 1 rings (SSSR count). The van der Waals surface area contributed by atoms with E-state index in [1.807, 2.05) is 0 Å². The fourth-order valence-corrected chi connectivity index (χ4v) is 2.01. The second-order valence-electron chi connectivity index (χ2n) is 4.65. The molecule has 5 heteroatoms. The van der Waals surface area contributed by atoms with E-state index in [1.54, 1.807) is 0 Å². The van der Waals surface area contributed by atoms with Gasteiger partial charge in [-0.25, -0.2) is 0 Å². The van der Waals surface area contributed by atoms with E-state index in [9.17, 15) is 13.2 Å². The highest BCUT2D eigenvalue weighted by Gasteiger charge is 2.26. The van der Waals surface area contributed by atoms with Gasteiger partial charge in [-0.05, 0) is 51.9 Å². The maximum Gasteiger partial charge on any atom is 0.390 e. The lowest BCUT2D eigenvalue weighted by molar-refractivity contribution is -0.133. The van der Waals surface area contributed by atoms with Crippen LogP contribution in [0.3, 0.4) is 0 Å². The molecule has 1 saturated heterocycles. The van der Waals surface area contributed by atoms with Crippen LogP contribution < -0.4 is 5.32 Å². The smallest absolute Gasteiger partial charge is 0.316 e. The molecule has 1 aliphatic heterocycles. The zero-order valence-corrected chi connectivity index (χ0v) is 9.82. The van der Waals surface area contributed by atoms with E-state index in [0.29, 0.717) is 12.5 Å². The van der Waals surface area contributed by atoms with Gasteiger partial charge in [0.15, 0.2) is 0 Å². The van der Waals surface area contributed by atoms with Crippen LogP contribution in [0.4, 0.5) is 13.2 Å². The summed E-state index contributed by atoms with van der Waals surface area (Å²) in [7, 11) is 2.11. The third-order valence-corrected chi connectivity index (χ3v) is 3.15. The fraction of sp³-hybridized carbons (Fsp3) is 1.00. The van der Waals surface area contributed by atoms with Crippen molar-refractivity contribution in [3.63, 3.8) is 0 Å². The number of hydrogen-bond donors (Lipinski definition) is 1. The van der Waals surface area contributed by atoms with Crippen LogP contribution in [0.25, 0.3) is 0 Å². The molecule has 0 unspecified atom stereocenters. The van der Waals surface area contributed by atoms with Crippen LogP contribution in [-0.2, 0) is 0 Å². The van der Waals surface area contributed by atoms with Crippen molar-refractivity contribution in [2.45, 2.75) is 31.9 Å². The second-order valence-corrected chi connectivity index (χ2v) is 4.65. The van der Waals surface area contributed by atoms with E-state index in [-0.39, 0.29) is 6.54 Å². The summed E-state index contributed by atoms with van der Waals surface area (Å²) < 4.78 is 35.5. The van der Waals surface area contributed by atoms with Crippen LogP contribution >= 0.6 is 0 Å². The summed E-state index contributed by atoms with van der Waals surface area (Å²) >= 11 is 0. The molecule has 0 amide bonds. The number of piperidine rings is 1. The first-order valence-corrected chi connectivity index (χ1v) is 5.93. The van der Waals surface area contributed by atoms with Gasteiger partial charge in [0.2, 0.25) is 0 Å². The Kier molecular flexibility index (Phi) is 5.55. The lowest BCUT2D eigenvalue weighted by Crippen LogP contribution is -2.32. The Labute approximate surface area is 95.2 Å². The molecule has 0 aromatic carbocycles. The van der Waals surface area contributed by atoms with Crippen molar-refractivity contribution < 1.29 is 13.2 Å². The zero-order chi connectivity index (χ0) is 12.0. The molecule has 2 nitrogen and oxygen atoms in total. The van der Waals surface area contributed by atoms with Crippen molar-refractivity contribution in [1.82, 2.24) is 10.2 Å². The quantitative estimate of drug-likeness (QED) is 0.739. The fourth-order valence-electron chi connectivity index (χ4n) is 2.01. The van der Waals surface area contributed by atoms with Crippen LogP contribution in [0.2, 0.25) is 0 Å². The Morgan fingerprint density at radius 1 is 1.19 bits per heavy atom. The lowest BCUT2D eigenvalue weighted by Gasteiger charge is -2.28. The summed E-state index contributed by atoms with van der Waals surface area (Å²) in [5.41, 5.74) is 0. The summed E-state index contributed by atoms with van der Waals surface area (Å²) in [5.74, 6) is 0.689. The van der Waals surface area contributed by atoms with E-state index in [2.05, 4.69) is 17.3 Å². The molecule has 0 spiro atoms. The first-order chi connectivity index (χ1) is 7.47. The first-order valence-electron chi connectivity index (χ1n) is 5.93. The van der Waals surface area contributed by atoms with Gasteiger partial charge in [0.25, 0.3) is 0 Å². The van der Waals surface area contributed by atoms with Crippen molar-refractivity contribution >= 4 is 0 Å². The second kappa shape index (κ2) is 6.45. The van der Waals surface area contributed by atoms with Crippen molar-refractivity contribution in [3.05, 3.63) is 0 Å². The van der Waals surface area contributed by atoms with Gasteiger partial charge in [0, 0.05) is 6.54 Å². The Morgan fingerprint density at radius 3 is 2.38 bits per heavy atom. The molecule has 1 fully saturated rings. The Morgan fingerprint density at radius 2 is 1.81 bits per heavy atom. The van der Waals surface area contributed by atoms with Gasteiger partial charge < -0.3 is 10.2 Å². The zero-order valence-electron chi connectivity index (χ0n) is 9.82. The Bertz CT molecular complexity index is 186. The van der Waals surface area contributed by atoms with Crippen molar-refractivity contribution in [2.24, 2.45) is 5.92 Å². The van der Waals surface area contributed by atoms with Gasteiger partial charge in [0.05, 0.1) is 6.42 Å². The van der Waals surface area contributed by atoms with Gasteiger partial charge in [0.1, 0.15) is 0 Å². The van der Waals surface area contributed by atoms with Gasteiger partial charge in [-0.3, -0.25) is 0 Å². The average molecular weight is 238 g/mol. The molecule has 1 heterocycles. The monoisotopic (exact) mass is 238 g/mol. The SMILES string of the molecule is CN1CCC(CCNCCC(F)(F)F)CC1. The van der Waals surface area contributed by atoms with E-state index < -0.39 is 12.6 Å². The Balaban J connectivity index is 1.95. The molecular weight excluding hydrogens is 217 g/mol. The molecule has 96 valence electrons. The van der Waals surface area contributed by atoms with Crippen LogP contribution in [0.1, 0.15) is 25.7 Å². The number of halogens is 3. The van der Waals surface area contributed by atoms with Crippen LogP contribution in [0.15, 0.2) is 0 Å². The summed E-state index contributed by atoms with van der Waals surface area (Å²) in [6.45, 7) is 3.00. The summed E-state index contributed by atoms with van der Waals surface area (Å²) in [6, 6.07) is 0. The molecule has 0 saturated carbocycles. The van der Waals surface area contributed by atoms with Crippen LogP contribution in [-0.4, -0.2) is 44.3 Å². The molecule has 1 aliphatic rings. The highest BCUT2D eigenvalue weighted by Crippen LogP contribution is 2.19. The summed E-state index contributed by atoms with van der Waals surface area (Å²) in [6.07, 6.45) is -1.39. The standard InChI is InChI=1S/C11H21F3N2/c1-16-8-3-10(4-9-16)2-6-15-7-5-11(12,13)14/h10,15H,2-9H2,1H3. The molecule has 0 atom stereocenters. The maximum absolute atomic E-state index is 11.8. The predicted octanol–water partition coefficient (Wildman–Crippen LogP) is 2.26. The topological polar surface area (TPSA) is 15.3 Å². The van der Waals surface area contributed by atoms with Crippen molar-refractivity contribution in [2.75, 3.05) is 33.2 Å². The number of nitrogens with zero attached hydrogens (tertiary/aromatic N) is 1. The molecule has 1 N–H and O–H groups in total. The van der Waals surface area contributed by atoms with Crippen LogP contribution in [0, 0.1) is 5.92 Å². The minimum absolute atomic E-state index is 0.0517. The molecule has 0 radical (unpaired) electrons. The van der Waals surface area contributed by atoms with Gasteiger partial charge >= 0.3 is 6.18 Å². The van der Waals surface area contributed by atoms with Gasteiger partial charge in [-0.15, -0.1) is 0 Å². The number of rotatable bonds is 5.